The van der Waals surface area contributed by atoms with Crippen LogP contribution in [-0.4, -0.2) is 41.6 Å². The second-order valence-corrected chi connectivity index (χ2v) is 9.32. The minimum absolute atomic E-state index is 0.105. The normalized spacial score (nSPS) is 23.2. The van der Waals surface area contributed by atoms with E-state index in [0.29, 0.717) is 0 Å². The highest BCUT2D eigenvalue weighted by molar-refractivity contribution is 6.37. The van der Waals surface area contributed by atoms with E-state index in [2.05, 4.69) is 0 Å². The number of rotatable bonds is 4. The summed E-state index contributed by atoms with van der Waals surface area (Å²) in [5.74, 6) is -6.74. The van der Waals surface area contributed by atoms with Gasteiger partial charge in [-0.1, -0.05) is 36.4 Å². The van der Waals surface area contributed by atoms with E-state index in [1.54, 1.807) is 19.1 Å². The van der Waals surface area contributed by atoms with Crippen LogP contribution in [-0.2, 0) is 19.1 Å². The number of hydrogen-bond acceptors (Lipinski definition) is 7. The van der Waals surface area contributed by atoms with E-state index < -0.39 is 58.7 Å². The van der Waals surface area contributed by atoms with E-state index >= 15 is 0 Å². The lowest BCUT2D eigenvalue weighted by molar-refractivity contribution is -0.127. The lowest BCUT2D eigenvalue weighted by Gasteiger charge is -2.27. The van der Waals surface area contributed by atoms with Gasteiger partial charge in [-0.2, -0.15) is 0 Å². The molecule has 2 aliphatic heterocycles. The van der Waals surface area contributed by atoms with Crippen molar-refractivity contribution in [1.29, 1.82) is 0 Å². The number of benzene rings is 3. The van der Waals surface area contributed by atoms with Crippen LogP contribution >= 0.6 is 0 Å². The van der Waals surface area contributed by atoms with Crippen LogP contribution in [0, 0.1) is 17.7 Å². The van der Waals surface area contributed by atoms with Gasteiger partial charge in [-0.05, 0) is 48.9 Å². The molecule has 8 nitrogen and oxygen atoms in total. The molecule has 0 unspecified atom stereocenters. The zero-order valence-corrected chi connectivity index (χ0v) is 20.1. The highest BCUT2D eigenvalue weighted by atomic mass is 19.1. The van der Waals surface area contributed by atoms with Crippen molar-refractivity contribution < 1.29 is 37.8 Å². The number of ketones is 2. The van der Waals surface area contributed by atoms with Gasteiger partial charge >= 0.3 is 5.97 Å². The molecule has 1 aliphatic carbocycles. The summed E-state index contributed by atoms with van der Waals surface area (Å²) in [6.45, 7) is 1.85. The molecule has 3 atom stereocenters. The summed E-state index contributed by atoms with van der Waals surface area (Å²) < 4.78 is 25.3. The van der Waals surface area contributed by atoms with Crippen molar-refractivity contribution in [2.24, 2.45) is 11.8 Å². The van der Waals surface area contributed by atoms with Gasteiger partial charge < -0.3 is 9.47 Å². The Hall–Kier alpha value is -4.50. The lowest BCUT2D eigenvalue weighted by Crippen LogP contribution is -2.51. The lowest BCUT2D eigenvalue weighted by atomic mass is 9.77. The summed E-state index contributed by atoms with van der Waals surface area (Å²) in [4.78, 5) is 68.2. The minimum atomic E-state index is -2.25. The Balaban J connectivity index is 1.47. The Morgan fingerprint density at radius 2 is 1.58 bits per heavy atom. The number of esters is 1. The van der Waals surface area contributed by atoms with Gasteiger partial charge in [0.1, 0.15) is 5.82 Å². The number of amides is 2. The molecular weight excluding hydrogens is 493 g/mol. The molecule has 2 saturated heterocycles. The largest absolute Gasteiger partial charge is 0.462 e. The van der Waals surface area contributed by atoms with Crippen LogP contribution in [0.2, 0.25) is 0 Å². The van der Waals surface area contributed by atoms with Gasteiger partial charge in [-0.15, -0.1) is 0 Å². The Labute approximate surface area is 216 Å². The van der Waals surface area contributed by atoms with E-state index in [9.17, 15) is 28.4 Å². The topological polar surface area (TPSA) is 107 Å². The second kappa shape index (κ2) is 8.53. The molecular formula is C29H20FNO7. The average molecular weight is 513 g/mol. The summed E-state index contributed by atoms with van der Waals surface area (Å²) in [5, 5.41) is 0. The van der Waals surface area contributed by atoms with Gasteiger partial charge in [-0.3, -0.25) is 19.2 Å². The molecule has 0 N–H and O–H groups in total. The molecule has 38 heavy (non-hydrogen) atoms. The summed E-state index contributed by atoms with van der Waals surface area (Å²) in [7, 11) is 0. The first-order valence-electron chi connectivity index (χ1n) is 12.1. The number of nitrogens with zero attached hydrogens (tertiary/aromatic N) is 1. The third-order valence-electron chi connectivity index (χ3n) is 7.33. The van der Waals surface area contributed by atoms with Crippen molar-refractivity contribution in [2.75, 3.05) is 11.5 Å². The monoisotopic (exact) mass is 513 g/mol. The molecule has 0 radical (unpaired) electrons. The molecule has 3 aromatic rings. The van der Waals surface area contributed by atoms with Crippen LogP contribution in [0.15, 0.2) is 72.8 Å². The molecule has 2 heterocycles. The SMILES string of the molecule is CCOC(=O)c1ccc(N2C(=O)[C@H]3[C@@H](C2=O)C2(O[C@H]3c3cccc(F)c3)C(=O)c3ccccc3C2=O)cc1. The first-order chi connectivity index (χ1) is 18.3. The molecule has 2 fully saturated rings. The van der Waals surface area contributed by atoms with Crippen LogP contribution in [0.3, 0.4) is 0 Å². The third kappa shape index (κ3) is 3.15. The summed E-state index contributed by atoms with van der Waals surface area (Å²) in [6.07, 6.45) is -1.22. The number of anilines is 1. The van der Waals surface area contributed by atoms with Crippen molar-refractivity contribution in [1.82, 2.24) is 0 Å². The molecule has 190 valence electrons. The summed E-state index contributed by atoms with van der Waals surface area (Å²) in [5.41, 5.74) is -1.43. The van der Waals surface area contributed by atoms with Crippen molar-refractivity contribution in [3.8, 4) is 0 Å². The maximum Gasteiger partial charge on any atom is 0.338 e. The van der Waals surface area contributed by atoms with E-state index in [1.807, 2.05) is 0 Å². The van der Waals surface area contributed by atoms with Gasteiger partial charge in [-0.25, -0.2) is 14.1 Å². The smallest absolute Gasteiger partial charge is 0.338 e. The highest BCUT2D eigenvalue weighted by Gasteiger charge is 2.74. The predicted molar refractivity (Wildman–Crippen MR) is 130 cm³/mol. The standard InChI is InChI=1S/C29H20FNO7/c1-2-37-28(36)15-10-12-18(13-11-15)31-26(34)21-22(27(31)35)29(38-23(21)16-6-5-7-17(30)14-16)24(32)19-8-3-4-9-20(19)25(29)33/h3-14,21-23H,2H2,1H3/t21-,22-,23-/m0/s1. The Kier molecular flexibility index (Phi) is 5.36. The van der Waals surface area contributed by atoms with Gasteiger partial charge in [0.15, 0.2) is 0 Å². The highest BCUT2D eigenvalue weighted by Crippen LogP contribution is 2.57. The zero-order chi connectivity index (χ0) is 26.8. The number of fused-ring (bicyclic) bond motifs is 3. The molecule has 6 rings (SSSR count). The maximum atomic E-state index is 14.2. The Morgan fingerprint density at radius 3 is 2.18 bits per heavy atom. The number of carbonyl (C=O) groups is 5. The summed E-state index contributed by atoms with van der Waals surface area (Å²) >= 11 is 0. The van der Waals surface area contributed by atoms with E-state index in [1.165, 1.54) is 54.6 Å². The molecule has 1 spiro atoms. The van der Waals surface area contributed by atoms with Crippen LogP contribution in [0.25, 0.3) is 0 Å². The van der Waals surface area contributed by atoms with E-state index in [0.717, 1.165) is 11.0 Å². The maximum absolute atomic E-state index is 14.2. The fourth-order valence-corrected chi connectivity index (χ4v) is 5.72. The molecule has 3 aliphatic rings. The first-order valence-corrected chi connectivity index (χ1v) is 12.1. The molecule has 0 bridgehead atoms. The number of hydrogen-bond donors (Lipinski definition) is 0. The zero-order valence-electron chi connectivity index (χ0n) is 20.1. The van der Waals surface area contributed by atoms with Crippen LogP contribution < -0.4 is 4.90 Å². The van der Waals surface area contributed by atoms with E-state index in [-0.39, 0.29) is 34.5 Å². The van der Waals surface area contributed by atoms with Crippen LogP contribution in [0.5, 0.6) is 0 Å². The Morgan fingerprint density at radius 1 is 0.921 bits per heavy atom. The number of carbonyl (C=O) groups excluding carboxylic acids is 5. The molecule has 2 amide bonds. The number of ether oxygens (including phenoxy) is 2. The number of imide groups is 1. The fraction of sp³-hybridized carbons (Fsp3) is 0.207. The van der Waals surface area contributed by atoms with Crippen molar-refractivity contribution in [2.45, 2.75) is 18.6 Å². The van der Waals surface area contributed by atoms with Crippen molar-refractivity contribution in [3.05, 3.63) is 101 Å². The van der Waals surface area contributed by atoms with Gasteiger partial charge in [0, 0.05) is 11.1 Å². The number of Topliss-reactive ketones (excluding diaryl/α,β-unsaturated/α-hetero) is 2. The Bertz CT molecular complexity index is 1510. The fourth-order valence-electron chi connectivity index (χ4n) is 5.72. The average Bonchev–Trinajstić information content (AvgIpc) is 3.49. The van der Waals surface area contributed by atoms with Crippen molar-refractivity contribution >= 4 is 35.0 Å². The minimum Gasteiger partial charge on any atom is -0.462 e. The molecule has 0 aromatic heterocycles. The predicted octanol–water partition coefficient (Wildman–Crippen LogP) is 3.70. The molecule has 3 aromatic carbocycles. The van der Waals surface area contributed by atoms with Gasteiger partial charge in [0.05, 0.1) is 35.8 Å². The number of halogens is 1. The van der Waals surface area contributed by atoms with Gasteiger partial charge in [0.2, 0.25) is 29.0 Å². The van der Waals surface area contributed by atoms with Crippen LogP contribution in [0.1, 0.15) is 49.7 Å². The van der Waals surface area contributed by atoms with Crippen LogP contribution in [0.4, 0.5) is 10.1 Å². The second-order valence-electron chi connectivity index (χ2n) is 9.32. The summed E-state index contributed by atoms with van der Waals surface area (Å²) in [6, 6.07) is 17.1. The van der Waals surface area contributed by atoms with E-state index in [4.69, 9.17) is 9.47 Å². The molecule has 0 saturated carbocycles. The van der Waals surface area contributed by atoms with Gasteiger partial charge in [0.25, 0.3) is 0 Å². The molecule has 9 heteroatoms. The van der Waals surface area contributed by atoms with Crippen molar-refractivity contribution in [3.63, 3.8) is 0 Å². The quantitative estimate of drug-likeness (QED) is 0.298. The first kappa shape index (κ1) is 23.9. The third-order valence-corrected chi connectivity index (χ3v) is 7.33.